The number of hydrogen-bond acceptors (Lipinski definition) is 4. The molecule has 0 aliphatic heterocycles. The Morgan fingerprint density at radius 2 is 1.71 bits per heavy atom. The maximum absolute atomic E-state index is 12.3. The van der Waals surface area contributed by atoms with E-state index in [2.05, 4.69) is 4.72 Å². The third kappa shape index (κ3) is 4.52. The van der Waals surface area contributed by atoms with E-state index in [1.807, 2.05) is 0 Å². The molecule has 0 saturated heterocycles. The first-order chi connectivity index (χ1) is 9.78. The molecule has 7 heteroatoms. The Kier molecular flexibility index (Phi) is 5.88. The predicted octanol–water partition coefficient (Wildman–Crippen LogP) is 1.14. The molecule has 6 nitrogen and oxygen atoms in total. The van der Waals surface area contributed by atoms with Gasteiger partial charge in [-0.15, -0.1) is 0 Å². The van der Waals surface area contributed by atoms with Crippen molar-refractivity contribution in [2.24, 2.45) is 0 Å². The fourth-order valence-corrected chi connectivity index (χ4v) is 3.49. The van der Waals surface area contributed by atoms with Crippen LogP contribution in [0.5, 0.6) is 0 Å². The van der Waals surface area contributed by atoms with Gasteiger partial charge in [-0.2, -0.15) is 0 Å². The van der Waals surface area contributed by atoms with Crippen molar-refractivity contribution in [3.8, 4) is 0 Å². The maximum Gasteiger partial charge on any atom is 0.307 e. The lowest BCUT2D eigenvalue weighted by atomic mass is 9.96. The maximum atomic E-state index is 12.3. The topological polar surface area (TPSA) is 104 Å². The fourth-order valence-electron chi connectivity index (χ4n) is 1.96. The molecule has 0 heterocycles. The predicted molar refractivity (Wildman–Crippen MR) is 78.5 cm³/mol. The zero-order valence-electron chi connectivity index (χ0n) is 12.2. The number of aliphatic carboxylic acids is 1. The van der Waals surface area contributed by atoms with Crippen LogP contribution in [0.1, 0.15) is 32.3 Å². The Balaban J connectivity index is 3.00. The van der Waals surface area contributed by atoms with Gasteiger partial charge < -0.3 is 10.2 Å². The standard InChI is InChI=1S/C14H21NO5S/c1-3-14(4-2,10-16)15-21(19,20)12-7-5-11(6-8-12)9-13(17)18/h5-8,15-16H,3-4,9-10H2,1-2H3,(H,17,18). The second kappa shape index (κ2) is 7.02. The highest BCUT2D eigenvalue weighted by Crippen LogP contribution is 2.19. The van der Waals surface area contributed by atoms with Gasteiger partial charge in [0.25, 0.3) is 0 Å². The van der Waals surface area contributed by atoms with Crippen LogP contribution in [-0.4, -0.2) is 36.7 Å². The van der Waals surface area contributed by atoms with Crippen molar-refractivity contribution in [1.82, 2.24) is 4.72 Å². The molecular formula is C14H21NO5S. The smallest absolute Gasteiger partial charge is 0.307 e. The molecule has 1 rings (SSSR count). The molecule has 1 aromatic carbocycles. The molecule has 0 radical (unpaired) electrons. The van der Waals surface area contributed by atoms with Crippen LogP contribution in [-0.2, 0) is 21.2 Å². The van der Waals surface area contributed by atoms with E-state index < -0.39 is 21.5 Å². The average molecular weight is 315 g/mol. The molecule has 0 unspecified atom stereocenters. The molecule has 1 aromatic rings. The largest absolute Gasteiger partial charge is 0.481 e. The normalized spacial score (nSPS) is 12.3. The number of nitrogens with one attached hydrogen (secondary N) is 1. The van der Waals surface area contributed by atoms with Gasteiger partial charge in [0, 0.05) is 0 Å². The Morgan fingerprint density at radius 3 is 2.10 bits per heavy atom. The first-order valence-corrected chi connectivity index (χ1v) is 8.22. The minimum absolute atomic E-state index is 0.0522. The van der Waals surface area contributed by atoms with Crippen LogP contribution in [0.15, 0.2) is 29.2 Å². The monoisotopic (exact) mass is 315 g/mol. The Labute approximate surface area is 124 Å². The highest BCUT2D eigenvalue weighted by Gasteiger charge is 2.31. The van der Waals surface area contributed by atoms with Crippen LogP contribution in [0, 0.1) is 0 Å². The minimum Gasteiger partial charge on any atom is -0.481 e. The Hall–Kier alpha value is -1.44. The van der Waals surface area contributed by atoms with Crippen LogP contribution < -0.4 is 4.72 Å². The van der Waals surface area contributed by atoms with Gasteiger partial charge >= 0.3 is 5.97 Å². The number of hydrogen-bond donors (Lipinski definition) is 3. The molecule has 0 bridgehead atoms. The number of carbonyl (C=O) groups is 1. The zero-order valence-corrected chi connectivity index (χ0v) is 13.0. The lowest BCUT2D eigenvalue weighted by Crippen LogP contribution is -2.50. The zero-order chi connectivity index (χ0) is 16.1. The summed E-state index contributed by atoms with van der Waals surface area (Å²) in [5.41, 5.74) is -0.348. The van der Waals surface area contributed by atoms with Crippen molar-refractivity contribution >= 4 is 16.0 Å². The first-order valence-electron chi connectivity index (χ1n) is 6.74. The second-order valence-corrected chi connectivity index (χ2v) is 6.65. The molecule has 0 saturated carbocycles. The van der Waals surface area contributed by atoms with Crippen molar-refractivity contribution in [2.45, 2.75) is 43.5 Å². The van der Waals surface area contributed by atoms with Gasteiger partial charge in [0.05, 0.1) is 23.5 Å². The lowest BCUT2D eigenvalue weighted by Gasteiger charge is -2.30. The van der Waals surface area contributed by atoms with Crippen molar-refractivity contribution in [1.29, 1.82) is 0 Å². The van der Waals surface area contributed by atoms with Gasteiger partial charge in [-0.1, -0.05) is 26.0 Å². The van der Waals surface area contributed by atoms with E-state index in [1.54, 1.807) is 13.8 Å². The average Bonchev–Trinajstić information content (AvgIpc) is 2.45. The van der Waals surface area contributed by atoms with E-state index in [-0.39, 0.29) is 17.9 Å². The third-order valence-electron chi connectivity index (χ3n) is 3.60. The van der Waals surface area contributed by atoms with Gasteiger partial charge in [0.15, 0.2) is 0 Å². The molecule has 0 spiro atoms. The molecule has 118 valence electrons. The molecule has 0 aliphatic rings. The number of carboxylic acid groups (broad SMARTS) is 1. The summed E-state index contributed by atoms with van der Waals surface area (Å²) in [5.74, 6) is -0.972. The second-order valence-electron chi connectivity index (χ2n) is 4.97. The van der Waals surface area contributed by atoms with E-state index in [0.717, 1.165) is 0 Å². The molecule has 0 atom stereocenters. The SMILES string of the molecule is CCC(CC)(CO)NS(=O)(=O)c1ccc(CC(=O)O)cc1. The van der Waals surface area contributed by atoms with Crippen molar-refractivity contribution < 1.29 is 23.4 Å². The summed E-state index contributed by atoms with van der Waals surface area (Å²) in [4.78, 5) is 10.6. The van der Waals surface area contributed by atoms with Gasteiger partial charge in [0.2, 0.25) is 10.0 Å². The first kappa shape index (κ1) is 17.6. The lowest BCUT2D eigenvalue weighted by molar-refractivity contribution is -0.136. The fraction of sp³-hybridized carbons (Fsp3) is 0.500. The minimum atomic E-state index is -3.76. The van der Waals surface area contributed by atoms with Crippen molar-refractivity contribution in [3.05, 3.63) is 29.8 Å². The van der Waals surface area contributed by atoms with E-state index >= 15 is 0 Å². The Morgan fingerprint density at radius 1 is 1.19 bits per heavy atom. The van der Waals surface area contributed by atoms with E-state index in [4.69, 9.17) is 5.11 Å². The number of carboxylic acids is 1. The number of sulfonamides is 1. The van der Waals surface area contributed by atoms with E-state index in [1.165, 1.54) is 24.3 Å². The third-order valence-corrected chi connectivity index (χ3v) is 5.19. The van der Waals surface area contributed by atoms with E-state index in [9.17, 15) is 18.3 Å². The van der Waals surface area contributed by atoms with Crippen molar-refractivity contribution in [3.63, 3.8) is 0 Å². The van der Waals surface area contributed by atoms with Crippen LogP contribution in [0.25, 0.3) is 0 Å². The molecular weight excluding hydrogens is 294 g/mol. The van der Waals surface area contributed by atoms with Crippen LogP contribution in [0.4, 0.5) is 0 Å². The highest BCUT2D eigenvalue weighted by atomic mass is 32.2. The van der Waals surface area contributed by atoms with Gasteiger partial charge in [0.1, 0.15) is 0 Å². The summed E-state index contributed by atoms with van der Waals surface area (Å²) < 4.78 is 27.2. The Bertz CT molecular complexity index is 568. The summed E-state index contributed by atoms with van der Waals surface area (Å²) in [6, 6.07) is 5.69. The molecule has 0 aromatic heterocycles. The summed E-state index contributed by atoms with van der Waals surface area (Å²) in [6.45, 7) is 3.33. The van der Waals surface area contributed by atoms with Crippen molar-refractivity contribution in [2.75, 3.05) is 6.61 Å². The van der Waals surface area contributed by atoms with Crippen LogP contribution >= 0.6 is 0 Å². The van der Waals surface area contributed by atoms with Gasteiger partial charge in [-0.3, -0.25) is 4.79 Å². The number of aliphatic hydroxyl groups excluding tert-OH is 1. The van der Waals surface area contributed by atoms with E-state index in [0.29, 0.717) is 18.4 Å². The van der Waals surface area contributed by atoms with Gasteiger partial charge in [-0.25, -0.2) is 13.1 Å². The summed E-state index contributed by atoms with van der Waals surface area (Å²) in [5, 5.41) is 18.1. The summed E-state index contributed by atoms with van der Waals surface area (Å²) >= 11 is 0. The van der Waals surface area contributed by atoms with Crippen LogP contribution in [0.3, 0.4) is 0 Å². The highest BCUT2D eigenvalue weighted by molar-refractivity contribution is 7.89. The molecule has 0 fully saturated rings. The quantitative estimate of drug-likeness (QED) is 0.667. The summed E-state index contributed by atoms with van der Waals surface area (Å²) in [7, 11) is -3.76. The molecule has 0 aliphatic carbocycles. The summed E-state index contributed by atoms with van der Waals surface area (Å²) in [6.07, 6.45) is 0.783. The van der Waals surface area contributed by atoms with Gasteiger partial charge in [-0.05, 0) is 30.5 Å². The molecule has 21 heavy (non-hydrogen) atoms. The molecule has 3 N–H and O–H groups in total. The van der Waals surface area contributed by atoms with Crippen LogP contribution in [0.2, 0.25) is 0 Å². The number of aliphatic hydroxyl groups is 1. The molecule has 0 amide bonds. The number of rotatable bonds is 8. The number of benzene rings is 1.